The zero-order valence-electron chi connectivity index (χ0n) is 10.2. The number of aromatic nitrogens is 1. The van der Waals surface area contributed by atoms with Crippen LogP contribution in [-0.4, -0.2) is 17.9 Å². The Bertz CT molecular complexity index is 646. The Balaban J connectivity index is 2.29. The average Bonchev–Trinajstić information content (AvgIpc) is 2.46. The van der Waals surface area contributed by atoms with Gasteiger partial charge in [-0.25, -0.2) is 4.98 Å². The molecule has 0 spiro atoms. The minimum Gasteiger partial charge on any atom is -0.311 e. The van der Waals surface area contributed by atoms with Gasteiger partial charge in [-0.2, -0.15) is 5.26 Å². The number of anilines is 1. The Labute approximate surface area is 115 Å². The van der Waals surface area contributed by atoms with Crippen molar-refractivity contribution in [1.82, 2.24) is 4.98 Å². The maximum absolute atomic E-state index is 12.3. The van der Waals surface area contributed by atoms with E-state index in [0.717, 1.165) is 0 Å². The maximum Gasteiger partial charge on any atom is 0.261 e. The molecule has 0 aliphatic heterocycles. The molecular formula is C14H10ClN3O. The smallest absolute Gasteiger partial charge is 0.261 e. The Kier molecular flexibility index (Phi) is 3.79. The summed E-state index contributed by atoms with van der Waals surface area (Å²) in [4.78, 5) is 17.6. The van der Waals surface area contributed by atoms with Crippen molar-refractivity contribution < 1.29 is 4.79 Å². The molecule has 0 saturated carbocycles. The number of nitrogens with zero attached hydrogens (tertiary/aromatic N) is 3. The molecule has 0 fully saturated rings. The lowest BCUT2D eigenvalue weighted by Gasteiger charge is -2.17. The monoisotopic (exact) mass is 271 g/mol. The molecule has 0 radical (unpaired) electrons. The SMILES string of the molecule is CN(C(=O)c1cccnc1Cl)c1ccc(C#N)cc1. The lowest BCUT2D eigenvalue weighted by Crippen LogP contribution is -2.26. The Morgan fingerprint density at radius 1 is 1.32 bits per heavy atom. The van der Waals surface area contributed by atoms with Crippen molar-refractivity contribution in [2.45, 2.75) is 0 Å². The van der Waals surface area contributed by atoms with Gasteiger partial charge in [-0.15, -0.1) is 0 Å². The zero-order valence-corrected chi connectivity index (χ0v) is 10.9. The highest BCUT2D eigenvalue weighted by atomic mass is 35.5. The van der Waals surface area contributed by atoms with Crippen LogP contribution in [0.2, 0.25) is 5.15 Å². The van der Waals surface area contributed by atoms with Gasteiger partial charge in [0.25, 0.3) is 5.91 Å². The van der Waals surface area contributed by atoms with Crippen LogP contribution in [0.15, 0.2) is 42.6 Å². The van der Waals surface area contributed by atoms with Gasteiger partial charge in [0.15, 0.2) is 0 Å². The average molecular weight is 272 g/mol. The molecule has 1 amide bonds. The van der Waals surface area contributed by atoms with E-state index in [0.29, 0.717) is 16.8 Å². The number of benzene rings is 1. The van der Waals surface area contributed by atoms with Crippen molar-refractivity contribution in [3.63, 3.8) is 0 Å². The van der Waals surface area contributed by atoms with Gasteiger partial charge in [-0.05, 0) is 36.4 Å². The van der Waals surface area contributed by atoms with Crippen LogP contribution < -0.4 is 4.90 Å². The van der Waals surface area contributed by atoms with Gasteiger partial charge >= 0.3 is 0 Å². The van der Waals surface area contributed by atoms with Crippen LogP contribution in [0, 0.1) is 11.3 Å². The van der Waals surface area contributed by atoms with E-state index in [2.05, 4.69) is 4.98 Å². The summed E-state index contributed by atoms with van der Waals surface area (Å²) in [5.41, 5.74) is 1.57. The quantitative estimate of drug-likeness (QED) is 0.789. The third-order valence-electron chi connectivity index (χ3n) is 2.68. The molecule has 0 N–H and O–H groups in total. The molecule has 0 saturated heterocycles. The van der Waals surface area contributed by atoms with Crippen LogP contribution in [-0.2, 0) is 0 Å². The van der Waals surface area contributed by atoms with Gasteiger partial charge in [0.05, 0.1) is 17.2 Å². The Hall–Kier alpha value is -2.38. The highest BCUT2D eigenvalue weighted by Crippen LogP contribution is 2.19. The number of halogens is 1. The number of hydrogen-bond acceptors (Lipinski definition) is 3. The Morgan fingerprint density at radius 2 is 2.00 bits per heavy atom. The molecular weight excluding hydrogens is 262 g/mol. The van der Waals surface area contributed by atoms with E-state index in [1.165, 1.54) is 11.1 Å². The summed E-state index contributed by atoms with van der Waals surface area (Å²) in [7, 11) is 1.65. The third-order valence-corrected chi connectivity index (χ3v) is 2.98. The number of rotatable bonds is 2. The molecule has 2 aromatic rings. The van der Waals surface area contributed by atoms with Crippen molar-refractivity contribution in [2.24, 2.45) is 0 Å². The molecule has 2 rings (SSSR count). The predicted molar refractivity (Wildman–Crippen MR) is 73.1 cm³/mol. The maximum atomic E-state index is 12.3. The second-order valence-corrected chi connectivity index (χ2v) is 4.22. The molecule has 1 aromatic heterocycles. The molecule has 1 heterocycles. The second-order valence-electron chi connectivity index (χ2n) is 3.86. The first-order valence-electron chi connectivity index (χ1n) is 5.52. The van der Waals surface area contributed by atoms with Crippen LogP contribution in [0.1, 0.15) is 15.9 Å². The van der Waals surface area contributed by atoms with E-state index in [9.17, 15) is 4.79 Å². The summed E-state index contributed by atoms with van der Waals surface area (Å²) in [6.45, 7) is 0. The summed E-state index contributed by atoms with van der Waals surface area (Å²) >= 11 is 5.90. The van der Waals surface area contributed by atoms with Crippen molar-refractivity contribution in [3.8, 4) is 6.07 Å². The van der Waals surface area contributed by atoms with E-state index in [1.807, 2.05) is 6.07 Å². The van der Waals surface area contributed by atoms with Gasteiger partial charge < -0.3 is 4.90 Å². The molecule has 94 valence electrons. The molecule has 0 bridgehead atoms. The van der Waals surface area contributed by atoms with Crippen molar-refractivity contribution in [1.29, 1.82) is 5.26 Å². The molecule has 1 aromatic carbocycles. The minimum atomic E-state index is -0.247. The highest BCUT2D eigenvalue weighted by Gasteiger charge is 2.16. The van der Waals surface area contributed by atoms with Crippen molar-refractivity contribution in [2.75, 3.05) is 11.9 Å². The van der Waals surface area contributed by atoms with E-state index in [-0.39, 0.29) is 11.1 Å². The largest absolute Gasteiger partial charge is 0.311 e. The van der Waals surface area contributed by atoms with E-state index in [1.54, 1.807) is 43.4 Å². The lowest BCUT2D eigenvalue weighted by atomic mass is 10.2. The van der Waals surface area contributed by atoms with E-state index in [4.69, 9.17) is 16.9 Å². The van der Waals surface area contributed by atoms with Crippen LogP contribution in [0.3, 0.4) is 0 Å². The molecule has 0 aliphatic carbocycles. The molecule has 0 atom stereocenters. The van der Waals surface area contributed by atoms with Crippen molar-refractivity contribution >= 4 is 23.2 Å². The molecule has 0 aliphatic rings. The molecule has 5 heteroatoms. The molecule has 0 unspecified atom stereocenters. The van der Waals surface area contributed by atoms with Gasteiger partial charge in [-0.3, -0.25) is 4.79 Å². The normalized spacial score (nSPS) is 9.74. The summed E-state index contributed by atoms with van der Waals surface area (Å²) in [5, 5.41) is 8.91. The standard InChI is InChI=1S/C14H10ClN3O/c1-18(11-6-4-10(9-16)5-7-11)14(19)12-3-2-8-17-13(12)15/h2-8H,1H3. The van der Waals surface area contributed by atoms with Gasteiger partial charge in [-0.1, -0.05) is 11.6 Å². The number of pyridine rings is 1. The summed E-state index contributed by atoms with van der Waals surface area (Å²) < 4.78 is 0. The van der Waals surface area contributed by atoms with Gasteiger partial charge in [0.2, 0.25) is 0 Å². The number of carbonyl (C=O) groups is 1. The van der Waals surface area contributed by atoms with Gasteiger partial charge in [0, 0.05) is 18.9 Å². The zero-order chi connectivity index (χ0) is 13.8. The molecule has 19 heavy (non-hydrogen) atoms. The third kappa shape index (κ3) is 2.72. The van der Waals surface area contributed by atoms with Gasteiger partial charge in [0.1, 0.15) is 5.15 Å². The number of carbonyl (C=O) groups excluding carboxylic acids is 1. The minimum absolute atomic E-state index is 0.174. The first-order chi connectivity index (χ1) is 9.13. The fourth-order valence-electron chi connectivity index (χ4n) is 1.60. The lowest BCUT2D eigenvalue weighted by molar-refractivity contribution is 0.0993. The number of nitriles is 1. The van der Waals surface area contributed by atoms with Crippen LogP contribution in [0.25, 0.3) is 0 Å². The highest BCUT2D eigenvalue weighted by molar-refractivity contribution is 6.33. The predicted octanol–water partition coefficient (Wildman–Crippen LogP) is 2.88. The molecule has 4 nitrogen and oxygen atoms in total. The first-order valence-corrected chi connectivity index (χ1v) is 5.90. The van der Waals surface area contributed by atoms with Crippen LogP contribution in [0.4, 0.5) is 5.69 Å². The summed E-state index contributed by atoms with van der Waals surface area (Å²) in [6.07, 6.45) is 1.53. The Morgan fingerprint density at radius 3 is 2.58 bits per heavy atom. The number of hydrogen-bond donors (Lipinski definition) is 0. The fourth-order valence-corrected chi connectivity index (χ4v) is 1.80. The first kappa shape index (κ1) is 13.1. The summed E-state index contributed by atoms with van der Waals surface area (Å²) in [6, 6.07) is 12.0. The van der Waals surface area contributed by atoms with Crippen molar-refractivity contribution in [3.05, 3.63) is 58.9 Å². The van der Waals surface area contributed by atoms with Crippen LogP contribution in [0.5, 0.6) is 0 Å². The van der Waals surface area contributed by atoms with Crippen LogP contribution >= 0.6 is 11.6 Å². The fraction of sp³-hybridized carbons (Fsp3) is 0.0714. The number of amides is 1. The van der Waals surface area contributed by atoms with E-state index >= 15 is 0 Å². The summed E-state index contributed by atoms with van der Waals surface area (Å²) in [5.74, 6) is -0.247. The topological polar surface area (TPSA) is 57.0 Å². The van der Waals surface area contributed by atoms with E-state index < -0.39 is 0 Å². The second kappa shape index (κ2) is 5.51.